The molecule has 0 aliphatic heterocycles. The van der Waals surface area contributed by atoms with Crippen molar-refractivity contribution in [1.29, 1.82) is 5.26 Å². The number of nitrogen functional groups attached to an aromatic ring is 1. The van der Waals surface area contributed by atoms with Crippen molar-refractivity contribution in [1.82, 2.24) is 4.98 Å². The molecule has 5 nitrogen and oxygen atoms in total. The van der Waals surface area contributed by atoms with Gasteiger partial charge in [0.15, 0.2) is 0 Å². The number of nitrogens with zero attached hydrogens (tertiary/aromatic N) is 3. The van der Waals surface area contributed by atoms with Gasteiger partial charge >= 0.3 is 0 Å². The fourth-order valence-electron chi connectivity index (χ4n) is 1.21. The van der Waals surface area contributed by atoms with Crippen LogP contribution in [0.25, 0.3) is 0 Å². The number of thiazole rings is 1. The predicted octanol–water partition coefficient (Wildman–Crippen LogP) is 2.04. The molecule has 0 spiro atoms. The van der Waals surface area contributed by atoms with Crippen molar-refractivity contribution in [2.45, 2.75) is 0 Å². The van der Waals surface area contributed by atoms with Gasteiger partial charge in [-0.2, -0.15) is 10.4 Å². The van der Waals surface area contributed by atoms with E-state index in [9.17, 15) is 0 Å². The van der Waals surface area contributed by atoms with Crippen LogP contribution in [0.5, 0.6) is 0 Å². The lowest BCUT2D eigenvalue weighted by Gasteiger charge is -1.96. The summed E-state index contributed by atoms with van der Waals surface area (Å²) in [4.78, 5) is 3.99. The highest BCUT2D eigenvalue weighted by atomic mass is 32.1. The van der Waals surface area contributed by atoms with Crippen LogP contribution in [0.15, 0.2) is 34.7 Å². The van der Waals surface area contributed by atoms with Gasteiger partial charge in [-0.1, -0.05) is 18.2 Å². The summed E-state index contributed by atoms with van der Waals surface area (Å²) >= 11 is 1.37. The number of hydrazone groups is 1. The summed E-state index contributed by atoms with van der Waals surface area (Å²) in [5.41, 5.74) is 9.56. The largest absolute Gasteiger partial charge is 0.383 e. The molecule has 1 aromatic carbocycles. The first-order valence-electron chi connectivity index (χ1n) is 4.79. The molecule has 0 saturated carbocycles. The average Bonchev–Trinajstić information content (AvgIpc) is 2.76. The first-order valence-corrected chi connectivity index (χ1v) is 5.67. The molecular formula is C11H9N5S. The third kappa shape index (κ3) is 2.80. The highest BCUT2D eigenvalue weighted by Crippen LogP contribution is 2.16. The number of hydrogen-bond donors (Lipinski definition) is 2. The Morgan fingerprint density at radius 2 is 2.29 bits per heavy atom. The highest BCUT2D eigenvalue weighted by Gasteiger charge is 1.97. The third-order valence-corrected chi connectivity index (χ3v) is 2.73. The summed E-state index contributed by atoms with van der Waals surface area (Å²) in [6.45, 7) is 0. The summed E-state index contributed by atoms with van der Waals surface area (Å²) in [6.07, 6.45) is 1.58. The van der Waals surface area contributed by atoms with E-state index in [1.807, 2.05) is 18.2 Å². The summed E-state index contributed by atoms with van der Waals surface area (Å²) in [5, 5.41) is 15.2. The van der Waals surface area contributed by atoms with Crippen molar-refractivity contribution in [3.05, 3.63) is 40.8 Å². The van der Waals surface area contributed by atoms with Crippen molar-refractivity contribution in [3.8, 4) is 6.07 Å². The van der Waals surface area contributed by atoms with Gasteiger partial charge in [-0.05, 0) is 6.07 Å². The number of anilines is 2. The summed E-state index contributed by atoms with van der Waals surface area (Å²) < 4.78 is 0. The zero-order chi connectivity index (χ0) is 12.1. The average molecular weight is 243 g/mol. The highest BCUT2D eigenvalue weighted by molar-refractivity contribution is 7.14. The molecule has 0 radical (unpaired) electrons. The first kappa shape index (κ1) is 11.1. The third-order valence-electron chi connectivity index (χ3n) is 1.97. The van der Waals surface area contributed by atoms with Crippen LogP contribution in [-0.4, -0.2) is 11.2 Å². The SMILES string of the molecule is N#Cc1ccccc1C=NNc1nc(N)cs1. The number of aromatic nitrogens is 1. The molecule has 3 N–H and O–H groups in total. The topological polar surface area (TPSA) is 87.1 Å². The summed E-state index contributed by atoms with van der Waals surface area (Å²) in [7, 11) is 0. The zero-order valence-corrected chi connectivity index (χ0v) is 9.61. The Labute approximate surface area is 102 Å². The minimum Gasteiger partial charge on any atom is -0.383 e. The maximum atomic E-state index is 8.88. The second-order valence-corrected chi connectivity index (χ2v) is 4.00. The smallest absolute Gasteiger partial charge is 0.205 e. The van der Waals surface area contributed by atoms with E-state index in [1.165, 1.54) is 11.3 Å². The van der Waals surface area contributed by atoms with Gasteiger partial charge in [-0.15, -0.1) is 11.3 Å². The Bertz CT molecular complexity index is 582. The molecular weight excluding hydrogens is 234 g/mol. The molecule has 6 heteroatoms. The van der Waals surface area contributed by atoms with Gasteiger partial charge in [0, 0.05) is 10.9 Å². The lowest BCUT2D eigenvalue weighted by molar-refractivity contribution is 1.29. The van der Waals surface area contributed by atoms with E-state index in [0.29, 0.717) is 16.5 Å². The molecule has 0 atom stereocenters. The number of nitrogens with two attached hydrogens (primary N) is 1. The predicted molar refractivity (Wildman–Crippen MR) is 68.9 cm³/mol. The fraction of sp³-hybridized carbons (Fsp3) is 0. The van der Waals surface area contributed by atoms with E-state index < -0.39 is 0 Å². The molecule has 2 rings (SSSR count). The zero-order valence-electron chi connectivity index (χ0n) is 8.79. The van der Waals surface area contributed by atoms with Crippen LogP contribution < -0.4 is 11.2 Å². The summed E-state index contributed by atoms with van der Waals surface area (Å²) in [6, 6.07) is 9.32. The van der Waals surface area contributed by atoms with Crippen molar-refractivity contribution in [2.75, 3.05) is 11.2 Å². The van der Waals surface area contributed by atoms with E-state index in [1.54, 1.807) is 17.7 Å². The normalized spacial score (nSPS) is 10.3. The van der Waals surface area contributed by atoms with Gasteiger partial charge in [0.25, 0.3) is 0 Å². The van der Waals surface area contributed by atoms with Crippen molar-refractivity contribution >= 4 is 28.5 Å². The summed E-state index contributed by atoms with van der Waals surface area (Å²) in [5.74, 6) is 0.463. The van der Waals surface area contributed by atoms with Crippen LogP contribution in [0.4, 0.5) is 10.9 Å². The Hall–Kier alpha value is -2.39. The van der Waals surface area contributed by atoms with Gasteiger partial charge < -0.3 is 5.73 Å². The van der Waals surface area contributed by atoms with Crippen LogP contribution in [-0.2, 0) is 0 Å². The maximum absolute atomic E-state index is 8.88. The van der Waals surface area contributed by atoms with Gasteiger partial charge in [0.2, 0.25) is 5.13 Å². The van der Waals surface area contributed by atoms with Crippen molar-refractivity contribution in [2.24, 2.45) is 5.10 Å². The van der Waals surface area contributed by atoms with Crippen molar-refractivity contribution in [3.63, 3.8) is 0 Å². The second-order valence-electron chi connectivity index (χ2n) is 3.15. The quantitative estimate of drug-likeness (QED) is 0.638. The van der Waals surface area contributed by atoms with Gasteiger partial charge in [-0.3, -0.25) is 5.43 Å². The monoisotopic (exact) mass is 243 g/mol. The minimum absolute atomic E-state index is 0.463. The van der Waals surface area contributed by atoms with E-state index in [0.717, 1.165) is 5.56 Å². The maximum Gasteiger partial charge on any atom is 0.205 e. The van der Waals surface area contributed by atoms with E-state index in [2.05, 4.69) is 21.6 Å². The molecule has 0 unspecified atom stereocenters. The number of benzene rings is 1. The molecule has 1 heterocycles. The van der Waals surface area contributed by atoms with E-state index in [-0.39, 0.29) is 0 Å². The van der Waals surface area contributed by atoms with Crippen LogP contribution in [0.3, 0.4) is 0 Å². The molecule has 84 valence electrons. The Balaban J connectivity index is 2.08. The molecule has 0 saturated heterocycles. The molecule has 1 aromatic heterocycles. The molecule has 0 bridgehead atoms. The van der Waals surface area contributed by atoms with Crippen LogP contribution >= 0.6 is 11.3 Å². The van der Waals surface area contributed by atoms with Gasteiger partial charge in [-0.25, -0.2) is 4.98 Å². The van der Waals surface area contributed by atoms with Crippen LogP contribution in [0.2, 0.25) is 0 Å². The molecule has 2 aromatic rings. The molecule has 0 amide bonds. The van der Waals surface area contributed by atoms with E-state index >= 15 is 0 Å². The first-order chi connectivity index (χ1) is 8.29. The standard InChI is InChI=1S/C11H9N5S/c12-5-8-3-1-2-4-9(8)6-14-16-11-15-10(13)7-17-11/h1-4,6-7H,13H2,(H,15,16). The molecule has 0 fully saturated rings. The number of nitrogens with one attached hydrogen (secondary N) is 1. The number of hydrogen-bond acceptors (Lipinski definition) is 6. The Morgan fingerprint density at radius 3 is 3.00 bits per heavy atom. The van der Waals surface area contributed by atoms with Gasteiger partial charge in [0.05, 0.1) is 17.8 Å². The van der Waals surface area contributed by atoms with Gasteiger partial charge in [0.1, 0.15) is 5.82 Å². The Morgan fingerprint density at radius 1 is 1.47 bits per heavy atom. The fourth-order valence-corrected chi connectivity index (χ4v) is 1.75. The lowest BCUT2D eigenvalue weighted by Crippen LogP contribution is -1.93. The molecule has 17 heavy (non-hydrogen) atoms. The molecule has 0 aliphatic rings. The van der Waals surface area contributed by atoms with Crippen LogP contribution in [0.1, 0.15) is 11.1 Å². The van der Waals surface area contributed by atoms with Crippen LogP contribution in [0, 0.1) is 11.3 Å². The second kappa shape index (κ2) is 5.09. The van der Waals surface area contributed by atoms with Crippen molar-refractivity contribution < 1.29 is 0 Å². The lowest BCUT2D eigenvalue weighted by atomic mass is 10.1. The minimum atomic E-state index is 0.463. The number of nitriles is 1. The Kier molecular flexibility index (Phi) is 3.33. The number of rotatable bonds is 3. The van der Waals surface area contributed by atoms with E-state index in [4.69, 9.17) is 11.0 Å². The molecule has 0 aliphatic carbocycles.